The Morgan fingerprint density at radius 2 is 1.84 bits per heavy atom. The molecular weight excluding hydrogens is 308 g/mol. The Kier molecular flexibility index (Phi) is 12.2. The van der Waals surface area contributed by atoms with E-state index in [0.717, 1.165) is 38.5 Å². The second-order valence-corrected chi connectivity index (χ2v) is 6.43. The third kappa shape index (κ3) is 11.3. The Bertz CT molecular complexity index is 506. The summed E-state index contributed by atoms with van der Waals surface area (Å²) in [5.41, 5.74) is 1.34. The Balaban J connectivity index is 2.16. The van der Waals surface area contributed by atoms with Gasteiger partial charge < -0.3 is 5.32 Å². The summed E-state index contributed by atoms with van der Waals surface area (Å²) in [6.07, 6.45) is 26.0. The molecule has 1 rings (SSSR count). The molecular formula is C22H34N2O. The summed E-state index contributed by atoms with van der Waals surface area (Å²) in [7, 11) is 0. The molecule has 0 atom stereocenters. The SMILES string of the molecule is C/C=C(\C=C\CC/C=C/N=CC(=O)NC1CCCCC1)C/C=C/CC. The average Bonchev–Trinajstić information content (AvgIpc) is 2.63. The molecule has 1 aliphatic carbocycles. The summed E-state index contributed by atoms with van der Waals surface area (Å²) >= 11 is 0. The monoisotopic (exact) mass is 342 g/mol. The van der Waals surface area contributed by atoms with Crippen LogP contribution in [0.1, 0.15) is 71.6 Å². The van der Waals surface area contributed by atoms with E-state index in [0.29, 0.717) is 6.04 Å². The summed E-state index contributed by atoms with van der Waals surface area (Å²) in [6, 6.07) is 0.342. The topological polar surface area (TPSA) is 41.5 Å². The molecule has 0 aliphatic heterocycles. The quantitative estimate of drug-likeness (QED) is 0.237. The molecule has 1 aliphatic rings. The number of nitrogens with one attached hydrogen (secondary N) is 1. The van der Waals surface area contributed by atoms with Gasteiger partial charge in [-0.25, -0.2) is 0 Å². The molecule has 1 saturated carbocycles. The fourth-order valence-corrected chi connectivity index (χ4v) is 2.83. The summed E-state index contributed by atoms with van der Waals surface area (Å²) in [5.74, 6) is -0.0747. The van der Waals surface area contributed by atoms with E-state index in [4.69, 9.17) is 0 Å². The highest BCUT2D eigenvalue weighted by atomic mass is 16.1. The molecule has 25 heavy (non-hydrogen) atoms. The number of carbonyl (C=O) groups is 1. The highest BCUT2D eigenvalue weighted by Gasteiger charge is 2.14. The van der Waals surface area contributed by atoms with E-state index < -0.39 is 0 Å². The third-order valence-corrected chi connectivity index (χ3v) is 4.29. The van der Waals surface area contributed by atoms with Crippen molar-refractivity contribution in [2.24, 2.45) is 4.99 Å². The summed E-state index contributed by atoms with van der Waals surface area (Å²) in [4.78, 5) is 15.8. The molecule has 1 N–H and O–H groups in total. The Labute approximate surface area is 153 Å². The smallest absolute Gasteiger partial charge is 0.262 e. The maximum absolute atomic E-state index is 11.7. The number of rotatable bonds is 10. The number of carbonyl (C=O) groups excluding carboxylic acids is 1. The van der Waals surface area contributed by atoms with Crippen LogP contribution in [-0.2, 0) is 4.79 Å². The van der Waals surface area contributed by atoms with Gasteiger partial charge in [0.1, 0.15) is 0 Å². The summed E-state index contributed by atoms with van der Waals surface area (Å²) < 4.78 is 0. The van der Waals surface area contributed by atoms with Crippen molar-refractivity contribution >= 4 is 12.1 Å². The molecule has 0 radical (unpaired) electrons. The van der Waals surface area contributed by atoms with Crippen LogP contribution >= 0.6 is 0 Å². The fourth-order valence-electron chi connectivity index (χ4n) is 2.83. The molecule has 3 heteroatoms. The first-order valence-corrected chi connectivity index (χ1v) is 9.71. The highest BCUT2D eigenvalue weighted by Crippen LogP contribution is 2.17. The molecule has 1 amide bonds. The van der Waals surface area contributed by atoms with Crippen LogP contribution < -0.4 is 5.32 Å². The maximum Gasteiger partial charge on any atom is 0.262 e. The van der Waals surface area contributed by atoms with Crippen molar-refractivity contribution in [1.82, 2.24) is 5.32 Å². The van der Waals surface area contributed by atoms with Gasteiger partial charge in [-0.1, -0.05) is 62.6 Å². The van der Waals surface area contributed by atoms with Gasteiger partial charge in [0, 0.05) is 12.2 Å². The van der Waals surface area contributed by atoms with Crippen LogP contribution in [0.5, 0.6) is 0 Å². The van der Waals surface area contributed by atoms with Crippen LogP contribution in [0.4, 0.5) is 0 Å². The van der Waals surface area contributed by atoms with Crippen LogP contribution in [0.25, 0.3) is 0 Å². The lowest BCUT2D eigenvalue weighted by atomic mass is 9.95. The van der Waals surface area contributed by atoms with Crippen LogP contribution in [0.15, 0.2) is 53.2 Å². The summed E-state index contributed by atoms with van der Waals surface area (Å²) in [5, 5.41) is 3.02. The Morgan fingerprint density at radius 3 is 2.56 bits per heavy atom. The average molecular weight is 343 g/mol. The Morgan fingerprint density at radius 1 is 1.08 bits per heavy atom. The second-order valence-electron chi connectivity index (χ2n) is 6.43. The first-order chi connectivity index (χ1) is 12.3. The molecule has 0 aromatic heterocycles. The number of amides is 1. The van der Waals surface area contributed by atoms with Crippen molar-refractivity contribution < 1.29 is 4.79 Å². The molecule has 3 nitrogen and oxygen atoms in total. The summed E-state index contributed by atoms with van der Waals surface area (Å²) in [6.45, 7) is 4.22. The van der Waals surface area contributed by atoms with Gasteiger partial charge in [-0.3, -0.25) is 9.79 Å². The van der Waals surface area contributed by atoms with Crippen molar-refractivity contribution in [3.63, 3.8) is 0 Å². The number of hydrogen-bond acceptors (Lipinski definition) is 2. The van der Waals surface area contributed by atoms with Crippen LogP contribution in [0.2, 0.25) is 0 Å². The lowest BCUT2D eigenvalue weighted by molar-refractivity contribution is -0.115. The van der Waals surface area contributed by atoms with E-state index in [1.165, 1.54) is 31.1 Å². The largest absolute Gasteiger partial charge is 0.349 e. The van der Waals surface area contributed by atoms with Gasteiger partial charge in [-0.05, 0) is 51.0 Å². The molecule has 138 valence electrons. The molecule has 0 bridgehead atoms. The van der Waals surface area contributed by atoms with Gasteiger partial charge in [0.15, 0.2) is 0 Å². The lowest BCUT2D eigenvalue weighted by Gasteiger charge is -2.21. The number of allylic oxidation sites excluding steroid dienone is 7. The number of nitrogens with zero attached hydrogens (tertiary/aromatic N) is 1. The van der Waals surface area contributed by atoms with Crippen LogP contribution in [-0.4, -0.2) is 18.2 Å². The van der Waals surface area contributed by atoms with Crippen LogP contribution in [0, 0.1) is 0 Å². The first-order valence-electron chi connectivity index (χ1n) is 9.71. The maximum atomic E-state index is 11.7. The molecule has 0 unspecified atom stereocenters. The van der Waals surface area contributed by atoms with Crippen molar-refractivity contribution in [3.8, 4) is 0 Å². The van der Waals surface area contributed by atoms with Gasteiger partial charge in [0.05, 0.1) is 6.21 Å². The van der Waals surface area contributed by atoms with Crippen molar-refractivity contribution in [3.05, 3.63) is 48.2 Å². The zero-order chi connectivity index (χ0) is 18.2. The normalized spacial score (nSPS) is 17.4. The van der Waals surface area contributed by atoms with Crippen molar-refractivity contribution in [1.29, 1.82) is 0 Å². The minimum Gasteiger partial charge on any atom is -0.349 e. The van der Waals surface area contributed by atoms with Crippen molar-refractivity contribution in [2.45, 2.75) is 77.7 Å². The molecule has 0 heterocycles. The van der Waals surface area contributed by atoms with Crippen LogP contribution in [0.3, 0.4) is 0 Å². The first kappa shape index (κ1) is 21.1. The second kappa shape index (κ2) is 14.4. The number of aliphatic imine (C=N–C) groups is 1. The molecule has 0 aromatic rings. The molecule has 0 spiro atoms. The zero-order valence-corrected chi connectivity index (χ0v) is 15.9. The van der Waals surface area contributed by atoms with Gasteiger partial charge in [-0.2, -0.15) is 0 Å². The number of unbranched alkanes of at least 4 members (excludes halogenated alkanes) is 1. The van der Waals surface area contributed by atoms with E-state index in [2.05, 4.69) is 54.5 Å². The predicted molar refractivity (Wildman–Crippen MR) is 109 cm³/mol. The minimum atomic E-state index is -0.0747. The van der Waals surface area contributed by atoms with Gasteiger partial charge in [0.25, 0.3) is 5.91 Å². The highest BCUT2D eigenvalue weighted by molar-refractivity contribution is 6.26. The molecule has 0 aromatic carbocycles. The van der Waals surface area contributed by atoms with Crippen molar-refractivity contribution in [2.75, 3.05) is 0 Å². The van der Waals surface area contributed by atoms with Gasteiger partial charge in [-0.15, -0.1) is 0 Å². The minimum absolute atomic E-state index is 0.0747. The van der Waals surface area contributed by atoms with E-state index in [1.54, 1.807) is 6.20 Å². The van der Waals surface area contributed by atoms with E-state index in [-0.39, 0.29) is 5.91 Å². The number of hydrogen-bond donors (Lipinski definition) is 1. The third-order valence-electron chi connectivity index (χ3n) is 4.29. The lowest BCUT2D eigenvalue weighted by Crippen LogP contribution is -2.36. The van der Waals surface area contributed by atoms with E-state index in [9.17, 15) is 4.79 Å². The Hall–Kier alpha value is -1.90. The molecule has 0 saturated heterocycles. The standard InChI is InChI=1S/C22H34N2O/c1-3-5-9-14-20(4-2)15-10-6-7-13-18-23-19-22(25)24-21-16-11-8-12-17-21/h4-5,9-10,13,15,18-19,21H,3,6-8,11-12,14,16-17H2,1-2H3,(H,24,25)/b9-5+,15-10+,18-13+,20-4-,23-19?. The zero-order valence-electron chi connectivity index (χ0n) is 15.9. The van der Waals surface area contributed by atoms with E-state index in [1.807, 2.05) is 6.08 Å². The van der Waals surface area contributed by atoms with Gasteiger partial charge >= 0.3 is 0 Å². The van der Waals surface area contributed by atoms with E-state index >= 15 is 0 Å². The van der Waals surface area contributed by atoms with Gasteiger partial charge in [0.2, 0.25) is 0 Å². The fraction of sp³-hybridized carbons (Fsp3) is 0.545. The molecule has 1 fully saturated rings. The predicted octanol–water partition coefficient (Wildman–Crippen LogP) is 5.66.